The zero-order valence-corrected chi connectivity index (χ0v) is 12.1. The fraction of sp³-hybridized carbons (Fsp3) is 0.158. The van der Waals surface area contributed by atoms with Crippen LogP contribution in [0.1, 0.15) is 17.0 Å². The van der Waals surface area contributed by atoms with E-state index in [9.17, 15) is 8.78 Å². The van der Waals surface area contributed by atoms with Crippen LogP contribution in [0.2, 0.25) is 0 Å². The Balaban J connectivity index is 1.96. The Bertz CT molecular complexity index is 793. The SMILES string of the molecule is NCC(Cc1cccc2ccccc12)c1ccc(F)c(F)c1. The molecule has 0 fully saturated rings. The van der Waals surface area contributed by atoms with E-state index >= 15 is 0 Å². The van der Waals surface area contributed by atoms with E-state index < -0.39 is 11.6 Å². The van der Waals surface area contributed by atoms with Gasteiger partial charge in [-0.2, -0.15) is 0 Å². The molecule has 1 atom stereocenters. The largest absolute Gasteiger partial charge is 0.330 e. The van der Waals surface area contributed by atoms with Gasteiger partial charge in [0.25, 0.3) is 0 Å². The summed E-state index contributed by atoms with van der Waals surface area (Å²) in [4.78, 5) is 0. The molecule has 0 saturated carbocycles. The van der Waals surface area contributed by atoms with Crippen LogP contribution in [-0.2, 0) is 6.42 Å². The minimum Gasteiger partial charge on any atom is -0.330 e. The minimum absolute atomic E-state index is 0.0408. The van der Waals surface area contributed by atoms with Crippen molar-refractivity contribution in [1.82, 2.24) is 0 Å². The van der Waals surface area contributed by atoms with Crippen LogP contribution in [0.4, 0.5) is 8.78 Å². The second-order valence-electron chi connectivity index (χ2n) is 5.45. The fourth-order valence-corrected chi connectivity index (χ4v) is 2.84. The molecule has 112 valence electrons. The van der Waals surface area contributed by atoms with Crippen LogP contribution < -0.4 is 5.73 Å². The number of hydrogen-bond donors (Lipinski definition) is 1. The molecule has 1 unspecified atom stereocenters. The van der Waals surface area contributed by atoms with E-state index in [-0.39, 0.29) is 5.92 Å². The van der Waals surface area contributed by atoms with Gasteiger partial charge in [0.05, 0.1) is 0 Å². The summed E-state index contributed by atoms with van der Waals surface area (Å²) in [5.41, 5.74) is 7.76. The van der Waals surface area contributed by atoms with Gasteiger partial charge >= 0.3 is 0 Å². The summed E-state index contributed by atoms with van der Waals surface area (Å²) >= 11 is 0. The zero-order valence-electron chi connectivity index (χ0n) is 12.1. The summed E-state index contributed by atoms with van der Waals surface area (Å²) in [5.74, 6) is -1.69. The second-order valence-corrected chi connectivity index (χ2v) is 5.45. The molecule has 0 amide bonds. The molecule has 22 heavy (non-hydrogen) atoms. The molecule has 3 rings (SSSR count). The predicted octanol–water partition coefficient (Wildman–Crippen LogP) is 4.40. The van der Waals surface area contributed by atoms with Crippen LogP contribution in [0, 0.1) is 11.6 Å². The molecule has 0 aliphatic rings. The molecule has 1 nitrogen and oxygen atoms in total. The zero-order chi connectivity index (χ0) is 15.5. The standard InChI is InChI=1S/C19H17F2N/c20-18-9-8-14(11-19(18)21)16(12-22)10-15-6-3-5-13-4-1-2-7-17(13)15/h1-9,11,16H,10,12,22H2. The summed E-state index contributed by atoms with van der Waals surface area (Å²) in [6, 6.07) is 18.3. The molecule has 0 bridgehead atoms. The van der Waals surface area contributed by atoms with Crippen molar-refractivity contribution in [2.75, 3.05) is 6.54 Å². The minimum atomic E-state index is -0.829. The molecular formula is C19H17F2N. The van der Waals surface area contributed by atoms with Gasteiger partial charge in [-0.15, -0.1) is 0 Å². The summed E-state index contributed by atoms with van der Waals surface area (Å²) in [5, 5.41) is 2.34. The summed E-state index contributed by atoms with van der Waals surface area (Å²) in [6.07, 6.45) is 0.697. The second kappa shape index (κ2) is 6.24. The molecule has 3 aromatic carbocycles. The van der Waals surface area contributed by atoms with Gasteiger partial charge in [0.2, 0.25) is 0 Å². The Morgan fingerprint density at radius 2 is 1.64 bits per heavy atom. The molecule has 3 aromatic rings. The third-order valence-electron chi connectivity index (χ3n) is 4.05. The Hall–Kier alpha value is -2.26. The molecular weight excluding hydrogens is 280 g/mol. The number of halogens is 2. The Morgan fingerprint density at radius 3 is 2.41 bits per heavy atom. The first-order valence-electron chi connectivity index (χ1n) is 7.30. The van der Waals surface area contributed by atoms with Crippen molar-refractivity contribution >= 4 is 10.8 Å². The summed E-state index contributed by atoms with van der Waals surface area (Å²) < 4.78 is 26.5. The molecule has 0 aliphatic carbocycles. The number of rotatable bonds is 4. The lowest BCUT2D eigenvalue weighted by Crippen LogP contribution is -2.15. The van der Waals surface area contributed by atoms with Gasteiger partial charge < -0.3 is 5.73 Å². The van der Waals surface area contributed by atoms with Gasteiger partial charge in [-0.05, 0) is 47.0 Å². The maximum atomic E-state index is 13.5. The molecule has 0 radical (unpaired) electrons. The van der Waals surface area contributed by atoms with Crippen molar-refractivity contribution in [3.63, 3.8) is 0 Å². The molecule has 0 saturated heterocycles. The normalized spacial score (nSPS) is 12.5. The topological polar surface area (TPSA) is 26.0 Å². The van der Waals surface area contributed by atoms with Gasteiger partial charge in [0, 0.05) is 5.92 Å². The van der Waals surface area contributed by atoms with E-state index in [2.05, 4.69) is 24.3 Å². The highest BCUT2D eigenvalue weighted by Gasteiger charge is 2.14. The number of nitrogens with two attached hydrogens (primary N) is 1. The first-order valence-corrected chi connectivity index (χ1v) is 7.30. The Morgan fingerprint density at radius 1 is 0.864 bits per heavy atom. The van der Waals surface area contributed by atoms with E-state index in [1.54, 1.807) is 6.07 Å². The van der Waals surface area contributed by atoms with Crippen LogP contribution in [0.25, 0.3) is 10.8 Å². The third kappa shape index (κ3) is 2.85. The number of hydrogen-bond acceptors (Lipinski definition) is 1. The van der Waals surface area contributed by atoms with Gasteiger partial charge in [0.15, 0.2) is 11.6 Å². The quantitative estimate of drug-likeness (QED) is 0.758. The van der Waals surface area contributed by atoms with Crippen LogP contribution >= 0.6 is 0 Å². The van der Waals surface area contributed by atoms with Gasteiger partial charge in [-0.3, -0.25) is 0 Å². The van der Waals surface area contributed by atoms with Crippen molar-refractivity contribution in [2.24, 2.45) is 5.73 Å². The van der Waals surface area contributed by atoms with E-state index in [0.29, 0.717) is 13.0 Å². The molecule has 0 spiro atoms. The summed E-state index contributed by atoms with van der Waals surface area (Å²) in [6.45, 7) is 0.383. The van der Waals surface area contributed by atoms with Crippen molar-refractivity contribution in [3.05, 3.63) is 83.4 Å². The predicted molar refractivity (Wildman–Crippen MR) is 85.8 cm³/mol. The van der Waals surface area contributed by atoms with Gasteiger partial charge in [-0.1, -0.05) is 48.5 Å². The van der Waals surface area contributed by atoms with Crippen molar-refractivity contribution in [1.29, 1.82) is 0 Å². The highest BCUT2D eigenvalue weighted by Crippen LogP contribution is 2.26. The third-order valence-corrected chi connectivity index (χ3v) is 4.05. The maximum absolute atomic E-state index is 13.5. The molecule has 2 N–H and O–H groups in total. The lowest BCUT2D eigenvalue weighted by Gasteiger charge is -2.17. The van der Waals surface area contributed by atoms with Gasteiger partial charge in [0.1, 0.15) is 0 Å². The maximum Gasteiger partial charge on any atom is 0.159 e. The highest BCUT2D eigenvalue weighted by molar-refractivity contribution is 5.85. The van der Waals surface area contributed by atoms with E-state index in [1.165, 1.54) is 22.4 Å². The van der Waals surface area contributed by atoms with Crippen LogP contribution in [-0.4, -0.2) is 6.54 Å². The summed E-state index contributed by atoms with van der Waals surface area (Å²) in [7, 11) is 0. The van der Waals surface area contributed by atoms with Crippen LogP contribution in [0.15, 0.2) is 60.7 Å². The number of fused-ring (bicyclic) bond motifs is 1. The Kier molecular flexibility index (Phi) is 4.16. The molecule has 0 aromatic heterocycles. The smallest absolute Gasteiger partial charge is 0.159 e. The molecule has 0 aliphatic heterocycles. The lowest BCUT2D eigenvalue weighted by atomic mass is 9.90. The highest BCUT2D eigenvalue weighted by atomic mass is 19.2. The van der Waals surface area contributed by atoms with Crippen molar-refractivity contribution < 1.29 is 8.78 Å². The van der Waals surface area contributed by atoms with Crippen LogP contribution in [0.5, 0.6) is 0 Å². The fourth-order valence-electron chi connectivity index (χ4n) is 2.84. The average Bonchev–Trinajstić information content (AvgIpc) is 2.55. The van der Waals surface area contributed by atoms with E-state index in [0.717, 1.165) is 11.6 Å². The molecule has 0 heterocycles. The van der Waals surface area contributed by atoms with E-state index in [4.69, 9.17) is 5.73 Å². The number of benzene rings is 3. The average molecular weight is 297 g/mol. The van der Waals surface area contributed by atoms with Crippen molar-refractivity contribution in [2.45, 2.75) is 12.3 Å². The Labute approximate surface area is 128 Å². The monoisotopic (exact) mass is 297 g/mol. The first kappa shape index (κ1) is 14.7. The van der Waals surface area contributed by atoms with Gasteiger partial charge in [-0.25, -0.2) is 8.78 Å². The molecule has 3 heteroatoms. The van der Waals surface area contributed by atoms with Crippen LogP contribution in [0.3, 0.4) is 0 Å². The van der Waals surface area contributed by atoms with Crippen molar-refractivity contribution in [3.8, 4) is 0 Å². The first-order chi connectivity index (χ1) is 10.7. The van der Waals surface area contributed by atoms with E-state index in [1.807, 2.05) is 18.2 Å². The lowest BCUT2D eigenvalue weighted by molar-refractivity contribution is 0.505.